The Balaban J connectivity index is 0.00000361. The number of hydrogen-bond acceptors (Lipinski definition) is 4. The van der Waals surface area contributed by atoms with Gasteiger partial charge in [0.25, 0.3) is 0 Å². The van der Waals surface area contributed by atoms with Gasteiger partial charge in [0.05, 0.1) is 0 Å². The fourth-order valence-corrected chi connectivity index (χ4v) is 4.10. The summed E-state index contributed by atoms with van der Waals surface area (Å²) >= 11 is 5.78. The first-order valence-electron chi connectivity index (χ1n) is 6.30. The molecule has 0 aliphatic heterocycles. The first-order valence-corrected chi connectivity index (χ1v) is 8.68. The van der Waals surface area contributed by atoms with Crippen LogP contribution in [0.2, 0.25) is 5.02 Å². The Morgan fingerprint density at radius 3 is 2.40 bits per heavy atom. The second-order valence-electron chi connectivity index (χ2n) is 4.79. The molecule has 0 saturated heterocycles. The maximum absolute atomic E-state index is 12.0. The summed E-state index contributed by atoms with van der Waals surface area (Å²) in [6, 6.07) is 6.43. The van der Waals surface area contributed by atoms with Crippen LogP contribution in [0, 0.1) is 0 Å². The molecular formula is C13H20ClNNaO3P. The second-order valence-corrected chi connectivity index (χ2v) is 7.62. The molecule has 0 aromatic heterocycles. The number of aliphatic hydroxyl groups is 1. The smallest absolute Gasteiger partial charge is 0.799 e. The van der Waals surface area contributed by atoms with E-state index in [0.29, 0.717) is 17.0 Å². The van der Waals surface area contributed by atoms with Gasteiger partial charge in [0.15, 0.2) is 0 Å². The Labute approximate surface area is 147 Å². The van der Waals surface area contributed by atoms with Gasteiger partial charge in [-0.1, -0.05) is 37.1 Å². The Morgan fingerprint density at radius 1 is 1.40 bits per heavy atom. The first-order chi connectivity index (χ1) is 8.83. The topological polar surface area (TPSA) is 86.4 Å². The van der Waals surface area contributed by atoms with Crippen molar-refractivity contribution in [2.24, 2.45) is 5.73 Å². The van der Waals surface area contributed by atoms with Crippen molar-refractivity contribution in [2.75, 3.05) is 18.9 Å². The van der Waals surface area contributed by atoms with Crippen LogP contribution in [-0.2, 0) is 10.2 Å². The van der Waals surface area contributed by atoms with Gasteiger partial charge in [-0.2, -0.15) is 0 Å². The summed E-state index contributed by atoms with van der Waals surface area (Å²) < 4.78 is 12.0. The Hall–Kier alpha value is 0.620. The Morgan fingerprint density at radius 2 is 1.95 bits per heavy atom. The van der Waals surface area contributed by atoms with Gasteiger partial charge in [0.1, 0.15) is 5.60 Å². The average molecular weight is 328 g/mol. The van der Waals surface area contributed by atoms with Crippen LogP contribution in [0.15, 0.2) is 24.3 Å². The van der Waals surface area contributed by atoms with Crippen molar-refractivity contribution in [3.05, 3.63) is 34.9 Å². The fraction of sp³-hybridized carbons (Fsp3) is 0.538. The number of unbranched alkanes of at least 4 members (excludes halogenated alkanes) is 1. The summed E-state index contributed by atoms with van der Waals surface area (Å²) in [6.07, 6.45) is 1.16. The Kier molecular flexibility index (Phi) is 9.19. The van der Waals surface area contributed by atoms with Crippen molar-refractivity contribution in [3.8, 4) is 0 Å². The molecular weight excluding hydrogens is 308 g/mol. The second kappa shape index (κ2) is 8.92. The molecule has 1 aromatic carbocycles. The molecule has 7 heteroatoms. The van der Waals surface area contributed by atoms with Gasteiger partial charge in [-0.3, -0.25) is 0 Å². The number of nitrogens with two attached hydrogens (primary N) is 1. The summed E-state index contributed by atoms with van der Waals surface area (Å²) in [7, 11) is -3.64. The molecule has 3 N–H and O–H groups in total. The molecule has 0 saturated carbocycles. The molecule has 0 spiro atoms. The molecule has 2 atom stereocenters. The summed E-state index contributed by atoms with van der Waals surface area (Å²) in [5, 5.41) is 11.0. The predicted molar refractivity (Wildman–Crippen MR) is 76.7 cm³/mol. The molecule has 1 rings (SSSR count). The largest absolute Gasteiger partial charge is 1.00 e. The predicted octanol–water partition coefficient (Wildman–Crippen LogP) is -1.07. The quantitative estimate of drug-likeness (QED) is 0.493. The zero-order chi connectivity index (χ0) is 14.5. The van der Waals surface area contributed by atoms with Crippen molar-refractivity contribution >= 4 is 19.0 Å². The van der Waals surface area contributed by atoms with Crippen molar-refractivity contribution in [3.63, 3.8) is 0 Å². The summed E-state index contributed by atoms with van der Waals surface area (Å²) in [5.41, 5.74) is 4.50. The van der Waals surface area contributed by atoms with Gasteiger partial charge >= 0.3 is 29.6 Å². The van der Waals surface area contributed by atoms with E-state index < -0.39 is 13.0 Å². The molecule has 20 heavy (non-hydrogen) atoms. The minimum Gasteiger partial charge on any atom is -0.799 e. The van der Waals surface area contributed by atoms with Gasteiger partial charge in [-0.25, -0.2) is 0 Å². The molecule has 0 aliphatic rings. The van der Waals surface area contributed by atoms with Crippen LogP contribution in [0.3, 0.4) is 0 Å². The van der Waals surface area contributed by atoms with Crippen molar-refractivity contribution in [1.82, 2.24) is 0 Å². The summed E-state index contributed by atoms with van der Waals surface area (Å²) in [5.74, 6) is 0. The summed E-state index contributed by atoms with van der Waals surface area (Å²) in [4.78, 5) is 12.0. The van der Waals surface area contributed by atoms with Gasteiger partial charge in [-0.05, 0) is 30.3 Å². The van der Waals surface area contributed by atoms with Gasteiger partial charge in [0, 0.05) is 25.1 Å². The number of rotatable bonds is 7. The maximum Gasteiger partial charge on any atom is 1.00 e. The standard InChI is InChI=1S/C13H21ClNO3P.Na/c1-2-3-8-19(17,18)10-13(16,9-15)11-4-6-12(14)7-5-11;/h4-7,16H,2-3,8-10,15H2,1H3,(H,17,18);/q;+1/p-1. The van der Waals surface area contributed by atoms with Crippen LogP contribution in [-0.4, -0.2) is 24.0 Å². The fourth-order valence-electron chi connectivity index (χ4n) is 1.91. The maximum atomic E-state index is 12.0. The molecule has 0 heterocycles. The molecule has 0 amide bonds. The van der Waals surface area contributed by atoms with Crippen molar-refractivity contribution < 1.29 is 44.1 Å². The number of halogens is 1. The zero-order valence-electron chi connectivity index (χ0n) is 12.0. The normalized spacial score (nSPS) is 16.9. The average Bonchev–Trinajstić information content (AvgIpc) is 2.36. The van der Waals surface area contributed by atoms with E-state index in [1.165, 1.54) is 0 Å². The monoisotopic (exact) mass is 327 g/mol. The van der Waals surface area contributed by atoms with Crippen LogP contribution >= 0.6 is 19.0 Å². The van der Waals surface area contributed by atoms with Crippen LogP contribution in [0.5, 0.6) is 0 Å². The van der Waals surface area contributed by atoms with E-state index in [0.717, 1.165) is 6.42 Å². The molecule has 108 valence electrons. The third kappa shape index (κ3) is 6.17. The minimum atomic E-state index is -3.64. The van der Waals surface area contributed by atoms with E-state index in [2.05, 4.69) is 0 Å². The van der Waals surface area contributed by atoms with Crippen LogP contribution in [0.1, 0.15) is 25.3 Å². The Bertz CT molecular complexity index is 457. The van der Waals surface area contributed by atoms with Gasteiger partial charge < -0.3 is 20.3 Å². The van der Waals surface area contributed by atoms with E-state index in [1.807, 2.05) is 6.92 Å². The van der Waals surface area contributed by atoms with Crippen molar-refractivity contribution in [2.45, 2.75) is 25.4 Å². The van der Waals surface area contributed by atoms with Gasteiger partial charge in [0.2, 0.25) is 0 Å². The first kappa shape index (κ1) is 20.6. The molecule has 0 bridgehead atoms. The van der Waals surface area contributed by atoms with E-state index in [-0.39, 0.29) is 48.4 Å². The molecule has 4 nitrogen and oxygen atoms in total. The van der Waals surface area contributed by atoms with Gasteiger partial charge in [-0.15, -0.1) is 0 Å². The SMILES string of the molecule is CCCCP(=O)([O-])CC(O)(CN)c1ccc(Cl)cc1.[Na+]. The van der Waals surface area contributed by atoms with Crippen LogP contribution in [0.25, 0.3) is 0 Å². The summed E-state index contributed by atoms with van der Waals surface area (Å²) in [6.45, 7) is 1.78. The number of benzene rings is 1. The molecule has 0 aliphatic carbocycles. The van der Waals surface area contributed by atoms with E-state index in [4.69, 9.17) is 17.3 Å². The minimum absolute atomic E-state index is 0. The molecule has 0 fully saturated rings. The third-order valence-electron chi connectivity index (χ3n) is 3.07. The van der Waals surface area contributed by atoms with E-state index >= 15 is 0 Å². The number of hydrogen-bond donors (Lipinski definition) is 2. The van der Waals surface area contributed by atoms with Crippen molar-refractivity contribution in [1.29, 1.82) is 0 Å². The zero-order valence-corrected chi connectivity index (χ0v) is 15.7. The molecule has 2 unspecified atom stereocenters. The van der Waals surface area contributed by atoms with Crippen LogP contribution < -0.4 is 40.2 Å². The molecule has 1 aromatic rings. The van der Waals surface area contributed by atoms with Crippen LogP contribution in [0.4, 0.5) is 0 Å². The van der Waals surface area contributed by atoms with E-state index in [1.54, 1.807) is 24.3 Å². The molecule has 0 radical (unpaired) electrons. The third-order valence-corrected chi connectivity index (χ3v) is 5.33. The van der Waals surface area contributed by atoms with E-state index in [9.17, 15) is 14.6 Å².